The molecular weight excluding hydrogens is 174 g/mol. The molecule has 0 bridgehead atoms. The Morgan fingerprint density at radius 1 is 1.58 bits per heavy atom. The smallest absolute Gasteiger partial charge is 0.0722 e. The predicted molar refractivity (Wildman–Crippen MR) is 49.0 cm³/mol. The van der Waals surface area contributed by atoms with Gasteiger partial charge in [0.1, 0.15) is 0 Å². The number of hydrogen-bond donors (Lipinski definition) is 1. The van der Waals surface area contributed by atoms with Gasteiger partial charge in [0.05, 0.1) is 18.8 Å². The van der Waals surface area contributed by atoms with E-state index in [9.17, 15) is 0 Å². The van der Waals surface area contributed by atoms with E-state index in [0.29, 0.717) is 6.61 Å². The van der Waals surface area contributed by atoms with E-state index in [0.717, 1.165) is 18.1 Å². The summed E-state index contributed by atoms with van der Waals surface area (Å²) in [5.41, 5.74) is 8.14. The maximum Gasteiger partial charge on any atom is 0.0722 e. The van der Waals surface area contributed by atoms with E-state index in [1.54, 1.807) is 0 Å². The standard InChI is InChI=1S/C9H12ClNO/c1-9(11)3-7-5-12-4-6(7)2-8(9)10/h2H,3-5,11H2,1H3. The summed E-state index contributed by atoms with van der Waals surface area (Å²) in [5, 5.41) is 0.742. The lowest BCUT2D eigenvalue weighted by molar-refractivity contribution is 0.204. The Morgan fingerprint density at radius 3 is 3.08 bits per heavy atom. The van der Waals surface area contributed by atoms with Gasteiger partial charge in [0.15, 0.2) is 0 Å². The molecule has 0 aromatic rings. The minimum absolute atomic E-state index is 0.381. The molecule has 0 spiro atoms. The van der Waals surface area contributed by atoms with Crippen molar-refractivity contribution in [2.24, 2.45) is 5.73 Å². The zero-order chi connectivity index (χ0) is 8.77. The van der Waals surface area contributed by atoms with Crippen LogP contribution < -0.4 is 5.73 Å². The Morgan fingerprint density at radius 2 is 2.33 bits per heavy atom. The molecule has 2 N–H and O–H groups in total. The maximum absolute atomic E-state index is 6.02. The summed E-state index contributed by atoms with van der Waals surface area (Å²) < 4.78 is 5.30. The summed E-state index contributed by atoms with van der Waals surface area (Å²) >= 11 is 6.02. The Kier molecular flexibility index (Phi) is 1.79. The number of ether oxygens (including phenoxy) is 1. The zero-order valence-electron chi connectivity index (χ0n) is 7.06. The molecule has 1 unspecified atom stereocenters. The van der Waals surface area contributed by atoms with Gasteiger partial charge in [-0.2, -0.15) is 0 Å². The van der Waals surface area contributed by atoms with Crippen molar-refractivity contribution in [3.63, 3.8) is 0 Å². The Balaban J connectivity index is 2.34. The first-order chi connectivity index (χ1) is 5.59. The second-order valence-corrected chi connectivity index (χ2v) is 4.12. The average Bonchev–Trinajstić information content (AvgIpc) is 2.35. The first-order valence-corrected chi connectivity index (χ1v) is 4.42. The van der Waals surface area contributed by atoms with Crippen molar-refractivity contribution in [1.29, 1.82) is 0 Å². The van der Waals surface area contributed by atoms with Gasteiger partial charge < -0.3 is 10.5 Å². The molecule has 0 saturated carbocycles. The van der Waals surface area contributed by atoms with E-state index in [-0.39, 0.29) is 5.54 Å². The van der Waals surface area contributed by atoms with Crippen LogP contribution in [0.3, 0.4) is 0 Å². The van der Waals surface area contributed by atoms with Gasteiger partial charge >= 0.3 is 0 Å². The molecule has 2 aliphatic rings. The highest BCUT2D eigenvalue weighted by Gasteiger charge is 2.31. The van der Waals surface area contributed by atoms with Gasteiger partial charge in [0.25, 0.3) is 0 Å². The molecule has 2 nitrogen and oxygen atoms in total. The summed E-state index contributed by atoms with van der Waals surface area (Å²) in [6.45, 7) is 3.37. The van der Waals surface area contributed by atoms with Crippen molar-refractivity contribution in [2.75, 3.05) is 13.2 Å². The van der Waals surface area contributed by atoms with Crippen LogP contribution in [-0.4, -0.2) is 18.8 Å². The van der Waals surface area contributed by atoms with Crippen molar-refractivity contribution in [3.05, 3.63) is 22.3 Å². The molecule has 1 aliphatic carbocycles. The lowest BCUT2D eigenvalue weighted by atomic mass is 9.86. The third kappa shape index (κ3) is 1.20. The molecule has 0 amide bonds. The molecule has 0 aromatic carbocycles. The molecule has 2 rings (SSSR count). The largest absolute Gasteiger partial charge is 0.372 e. The van der Waals surface area contributed by atoms with Crippen molar-refractivity contribution in [1.82, 2.24) is 0 Å². The third-order valence-corrected chi connectivity index (χ3v) is 2.96. The van der Waals surface area contributed by atoms with Gasteiger partial charge in [-0.3, -0.25) is 0 Å². The number of halogens is 1. The highest BCUT2D eigenvalue weighted by molar-refractivity contribution is 6.31. The summed E-state index contributed by atoms with van der Waals surface area (Å²) in [5.74, 6) is 0. The monoisotopic (exact) mass is 185 g/mol. The molecule has 1 heterocycles. The van der Waals surface area contributed by atoms with Crippen LogP contribution in [0.15, 0.2) is 22.3 Å². The van der Waals surface area contributed by atoms with Gasteiger partial charge in [0.2, 0.25) is 0 Å². The fourth-order valence-electron chi connectivity index (χ4n) is 1.63. The van der Waals surface area contributed by atoms with Crippen LogP contribution >= 0.6 is 11.6 Å². The first-order valence-electron chi connectivity index (χ1n) is 4.05. The fraction of sp³-hybridized carbons (Fsp3) is 0.556. The van der Waals surface area contributed by atoms with Gasteiger partial charge in [-0.1, -0.05) is 11.6 Å². The minimum Gasteiger partial charge on any atom is -0.372 e. The van der Waals surface area contributed by atoms with Crippen LogP contribution in [0.1, 0.15) is 13.3 Å². The number of hydrogen-bond acceptors (Lipinski definition) is 2. The van der Waals surface area contributed by atoms with E-state index in [1.165, 1.54) is 11.1 Å². The molecule has 1 atom stereocenters. The SMILES string of the molecule is CC1(N)CC2=C(C=C1Cl)COC2. The molecule has 0 radical (unpaired) electrons. The van der Waals surface area contributed by atoms with E-state index < -0.39 is 0 Å². The summed E-state index contributed by atoms with van der Waals surface area (Å²) in [4.78, 5) is 0. The van der Waals surface area contributed by atoms with E-state index >= 15 is 0 Å². The minimum atomic E-state index is -0.381. The molecule has 3 heteroatoms. The van der Waals surface area contributed by atoms with Crippen LogP contribution in [0.5, 0.6) is 0 Å². The molecule has 1 aliphatic heterocycles. The molecule has 12 heavy (non-hydrogen) atoms. The van der Waals surface area contributed by atoms with Crippen LogP contribution in [0.4, 0.5) is 0 Å². The number of rotatable bonds is 0. The summed E-state index contributed by atoms with van der Waals surface area (Å²) in [7, 11) is 0. The van der Waals surface area contributed by atoms with Crippen molar-refractivity contribution in [3.8, 4) is 0 Å². The fourth-order valence-corrected chi connectivity index (χ4v) is 1.83. The van der Waals surface area contributed by atoms with E-state index in [4.69, 9.17) is 22.1 Å². The average molecular weight is 186 g/mol. The van der Waals surface area contributed by atoms with Crippen molar-refractivity contribution in [2.45, 2.75) is 18.9 Å². The molecular formula is C9H12ClNO. The first kappa shape index (κ1) is 8.30. The molecule has 66 valence electrons. The molecule has 0 aromatic heterocycles. The highest BCUT2D eigenvalue weighted by Crippen LogP contribution is 2.35. The normalized spacial score (nSPS) is 35.1. The van der Waals surface area contributed by atoms with Crippen LogP contribution in [0, 0.1) is 0 Å². The van der Waals surface area contributed by atoms with Crippen molar-refractivity contribution >= 4 is 11.6 Å². The van der Waals surface area contributed by atoms with Gasteiger partial charge in [-0.15, -0.1) is 0 Å². The highest BCUT2D eigenvalue weighted by atomic mass is 35.5. The Labute approximate surface area is 77.0 Å². The Bertz CT molecular complexity index is 278. The quantitative estimate of drug-likeness (QED) is 0.622. The third-order valence-electron chi connectivity index (χ3n) is 2.42. The lowest BCUT2D eigenvalue weighted by Crippen LogP contribution is -2.38. The second-order valence-electron chi connectivity index (χ2n) is 3.71. The lowest BCUT2D eigenvalue weighted by Gasteiger charge is -2.28. The molecule has 0 saturated heterocycles. The van der Waals surface area contributed by atoms with Crippen LogP contribution in [-0.2, 0) is 4.74 Å². The van der Waals surface area contributed by atoms with Gasteiger partial charge in [0, 0.05) is 5.03 Å². The van der Waals surface area contributed by atoms with E-state index in [1.807, 2.05) is 13.0 Å². The molecule has 0 fully saturated rings. The Hall–Kier alpha value is -0.310. The topological polar surface area (TPSA) is 35.2 Å². The van der Waals surface area contributed by atoms with Crippen LogP contribution in [0.2, 0.25) is 0 Å². The maximum atomic E-state index is 6.02. The van der Waals surface area contributed by atoms with Gasteiger partial charge in [-0.25, -0.2) is 0 Å². The zero-order valence-corrected chi connectivity index (χ0v) is 7.82. The summed E-state index contributed by atoms with van der Waals surface area (Å²) in [6.07, 6.45) is 2.78. The number of nitrogens with two attached hydrogens (primary N) is 1. The van der Waals surface area contributed by atoms with Gasteiger partial charge in [-0.05, 0) is 30.6 Å². The van der Waals surface area contributed by atoms with Crippen LogP contribution in [0.25, 0.3) is 0 Å². The van der Waals surface area contributed by atoms with E-state index in [2.05, 4.69) is 0 Å². The summed E-state index contributed by atoms with van der Waals surface area (Å²) in [6, 6.07) is 0. The predicted octanol–water partition coefficient (Wildman–Crippen LogP) is 1.56. The second kappa shape index (κ2) is 2.59. The van der Waals surface area contributed by atoms with Crippen molar-refractivity contribution < 1.29 is 4.74 Å².